The Labute approximate surface area is 184 Å². The predicted octanol–water partition coefficient (Wildman–Crippen LogP) is 5.63. The molecule has 3 N–H and O–H groups in total. The van der Waals surface area contributed by atoms with Crippen molar-refractivity contribution >= 4 is 11.6 Å². The number of carbonyl (C=O) groups is 1. The van der Waals surface area contributed by atoms with Crippen molar-refractivity contribution in [2.45, 2.75) is 52.7 Å². The minimum atomic E-state index is -0.406. The first-order valence-electron chi connectivity index (χ1n) is 10.7. The molecule has 3 aromatic rings. The summed E-state index contributed by atoms with van der Waals surface area (Å²) in [7, 11) is 0. The number of benzene rings is 3. The summed E-state index contributed by atoms with van der Waals surface area (Å²) in [5, 5.41) is 3.17. The number of hydrogen-bond donors (Lipinski definition) is 2. The van der Waals surface area contributed by atoms with E-state index in [-0.39, 0.29) is 11.8 Å². The van der Waals surface area contributed by atoms with Gasteiger partial charge in [-0.2, -0.15) is 0 Å². The van der Waals surface area contributed by atoms with E-state index >= 15 is 0 Å². The van der Waals surface area contributed by atoms with Gasteiger partial charge >= 0.3 is 0 Å². The van der Waals surface area contributed by atoms with E-state index < -0.39 is 5.60 Å². The summed E-state index contributed by atoms with van der Waals surface area (Å²) in [5.74, 6) is 0.889. The van der Waals surface area contributed by atoms with Crippen LogP contribution in [0.1, 0.15) is 63.5 Å². The summed E-state index contributed by atoms with van der Waals surface area (Å²) in [6, 6.07) is 17.8. The van der Waals surface area contributed by atoms with E-state index in [1.165, 1.54) is 5.56 Å². The lowest BCUT2D eigenvalue weighted by Gasteiger charge is -2.27. The van der Waals surface area contributed by atoms with Gasteiger partial charge in [0.15, 0.2) is 0 Å². The van der Waals surface area contributed by atoms with Crippen molar-refractivity contribution in [3.63, 3.8) is 0 Å². The number of fused-ring (bicyclic) bond motifs is 1. The van der Waals surface area contributed by atoms with Crippen molar-refractivity contribution in [2.24, 2.45) is 5.73 Å². The molecule has 4 heteroatoms. The van der Waals surface area contributed by atoms with Gasteiger partial charge in [-0.15, -0.1) is 0 Å². The fourth-order valence-electron chi connectivity index (χ4n) is 4.67. The molecule has 4 nitrogen and oxygen atoms in total. The normalized spacial score (nSPS) is 16.5. The molecule has 1 aliphatic rings. The Balaban J connectivity index is 1.83. The topological polar surface area (TPSA) is 64.4 Å². The molecular weight excluding hydrogens is 384 g/mol. The van der Waals surface area contributed by atoms with Gasteiger partial charge in [-0.05, 0) is 74.6 Å². The maximum Gasteiger partial charge on any atom is 0.255 e. The number of rotatable bonds is 4. The van der Waals surface area contributed by atoms with Crippen LogP contribution in [0.5, 0.6) is 5.75 Å². The highest BCUT2D eigenvalue weighted by Crippen LogP contribution is 2.53. The number of nitrogens with two attached hydrogens (primary N) is 1. The average molecular weight is 415 g/mol. The van der Waals surface area contributed by atoms with Crippen molar-refractivity contribution in [3.05, 3.63) is 93.5 Å². The van der Waals surface area contributed by atoms with Crippen LogP contribution in [0.15, 0.2) is 54.6 Å². The smallest absolute Gasteiger partial charge is 0.255 e. The standard InChI is InChI=1S/C27H30N2O2/c1-16-17(2)25-22(18(3)24(16)29-26(30)21-9-7-6-8-10-21)23(27(4,5)31-25)20-13-11-19(15-28)12-14-20/h6-14,23H,15,28H2,1-5H3,(H,29,30). The summed E-state index contributed by atoms with van der Waals surface area (Å²) in [5.41, 5.74) is 13.5. The summed E-state index contributed by atoms with van der Waals surface area (Å²) in [4.78, 5) is 12.9. The highest BCUT2D eigenvalue weighted by Gasteiger charge is 2.45. The van der Waals surface area contributed by atoms with E-state index in [1.807, 2.05) is 37.3 Å². The number of hydrogen-bond acceptors (Lipinski definition) is 3. The Morgan fingerprint density at radius 2 is 1.61 bits per heavy atom. The minimum absolute atomic E-state index is 0.0565. The summed E-state index contributed by atoms with van der Waals surface area (Å²) >= 11 is 0. The third kappa shape index (κ3) is 3.61. The van der Waals surface area contributed by atoms with Gasteiger partial charge in [-0.1, -0.05) is 42.5 Å². The molecule has 0 aliphatic carbocycles. The average Bonchev–Trinajstić information content (AvgIpc) is 3.07. The zero-order chi connectivity index (χ0) is 22.3. The van der Waals surface area contributed by atoms with E-state index in [0.717, 1.165) is 39.3 Å². The van der Waals surface area contributed by atoms with Gasteiger partial charge < -0.3 is 15.8 Å². The second-order valence-corrected chi connectivity index (χ2v) is 8.90. The molecule has 0 fully saturated rings. The van der Waals surface area contributed by atoms with Crippen LogP contribution in [-0.2, 0) is 6.54 Å². The molecule has 0 bridgehead atoms. The quantitative estimate of drug-likeness (QED) is 0.582. The first-order chi connectivity index (χ1) is 14.7. The number of anilines is 1. The summed E-state index contributed by atoms with van der Waals surface area (Å²) in [6.45, 7) is 11.0. The fraction of sp³-hybridized carbons (Fsp3) is 0.296. The van der Waals surface area contributed by atoms with Gasteiger partial charge in [0.05, 0.1) is 5.92 Å². The highest BCUT2D eigenvalue weighted by molar-refractivity contribution is 6.05. The van der Waals surface area contributed by atoms with Gasteiger partial charge in [-0.3, -0.25) is 4.79 Å². The predicted molar refractivity (Wildman–Crippen MR) is 126 cm³/mol. The molecule has 160 valence electrons. The molecule has 0 spiro atoms. The van der Waals surface area contributed by atoms with Crippen LogP contribution in [0.3, 0.4) is 0 Å². The highest BCUT2D eigenvalue weighted by atomic mass is 16.5. The van der Waals surface area contributed by atoms with Crippen LogP contribution in [0.4, 0.5) is 5.69 Å². The number of carbonyl (C=O) groups excluding carboxylic acids is 1. The van der Waals surface area contributed by atoms with Crippen molar-refractivity contribution in [1.82, 2.24) is 0 Å². The maximum absolute atomic E-state index is 12.9. The lowest BCUT2D eigenvalue weighted by molar-refractivity contribution is 0.102. The van der Waals surface area contributed by atoms with Gasteiger partial charge in [0.1, 0.15) is 11.4 Å². The molecule has 0 saturated carbocycles. The van der Waals surface area contributed by atoms with Crippen LogP contribution in [-0.4, -0.2) is 11.5 Å². The molecule has 0 radical (unpaired) electrons. The molecule has 1 heterocycles. The molecule has 3 aromatic carbocycles. The lowest BCUT2D eigenvalue weighted by atomic mass is 9.78. The molecule has 31 heavy (non-hydrogen) atoms. The molecule has 1 aliphatic heterocycles. The van der Waals surface area contributed by atoms with Crippen LogP contribution < -0.4 is 15.8 Å². The van der Waals surface area contributed by atoms with Gasteiger partial charge in [0.2, 0.25) is 0 Å². The first-order valence-corrected chi connectivity index (χ1v) is 10.7. The third-order valence-electron chi connectivity index (χ3n) is 6.47. The van der Waals surface area contributed by atoms with Crippen LogP contribution >= 0.6 is 0 Å². The van der Waals surface area contributed by atoms with Crippen LogP contribution in [0, 0.1) is 20.8 Å². The van der Waals surface area contributed by atoms with Crippen molar-refractivity contribution in [2.75, 3.05) is 5.32 Å². The largest absolute Gasteiger partial charge is 0.486 e. The van der Waals surface area contributed by atoms with Crippen molar-refractivity contribution in [3.8, 4) is 5.75 Å². The van der Waals surface area contributed by atoms with Gasteiger partial charge in [-0.25, -0.2) is 0 Å². The fourth-order valence-corrected chi connectivity index (χ4v) is 4.67. The molecular formula is C27H30N2O2. The third-order valence-corrected chi connectivity index (χ3v) is 6.47. The molecule has 1 atom stereocenters. The number of amides is 1. The molecule has 0 aromatic heterocycles. The van der Waals surface area contributed by atoms with E-state index in [4.69, 9.17) is 10.5 Å². The van der Waals surface area contributed by atoms with Crippen molar-refractivity contribution < 1.29 is 9.53 Å². The zero-order valence-electron chi connectivity index (χ0n) is 18.9. The Morgan fingerprint density at radius 1 is 0.968 bits per heavy atom. The molecule has 4 rings (SSSR count). The Bertz CT molecular complexity index is 1130. The minimum Gasteiger partial charge on any atom is -0.486 e. The van der Waals surface area contributed by atoms with Gasteiger partial charge in [0, 0.05) is 23.4 Å². The van der Waals surface area contributed by atoms with E-state index in [2.05, 4.69) is 57.3 Å². The van der Waals surface area contributed by atoms with Crippen LogP contribution in [0.2, 0.25) is 0 Å². The Hall–Kier alpha value is -3.11. The first kappa shape index (κ1) is 21.1. The van der Waals surface area contributed by atoms with Crippen molar-refractivity contribution in [1.29, 1.82) is 0 Å². The zero-order valence-corrected chi connectivity index (χ0v) is 18.9. The maximum atomic E-state index is 12.9. The van der Waals surface area contributed by atoms with Crippen LogP contribution in [0.25, 0.3) is 0 Å². The van der Waals surface area contributed by atoms with Gasteiger partial charge in [0.25, 0.3) is 5.91 Å². The lowest BCUT2D eigenvalue weighted by Crippen LogP contribution is -2.31. The molecule has 1 amide bonds. The van der Waals surface area contributed by atoms with E-state index in [9.17, 15) is 4.79 Å². The Kier molecular flexibility index (Phi) is 5.36. The second-order valence-electron chi connectivity index (χ2n) is 8.90. The van der Waals surface area contributed by atoms with E-state index in [0.29, 0.717) is 12.1 Å². The Morgan fingerprint density at radius 3 is 2.23 bits per heavy atom. The summed E-state index contributed by atoms with van der Waals surface area (Å²) < 4.78 is 6.52. The van der Waals surface area contributed by atoms with E-state index in [1.54, 1.807) is 0 Å². The second kappa shape index (κ2) is 7.86. The molecule has 0 saturated heterocycles. The number of ether oxygens (including phenoxy) is 1. The molecule has 1 unspecified atom stereocenters. The monoisotopic (exact) mass is 414 g/mol. The number of nitrogens with one attached hydrogen (secondary N) is 1. The SMILES string of the molecule is Cc1c(C)c2c(c(C)c1NC(=O)c1ccccc1)C(c1ccc(CN)cc1)C(C)(C)O2. The summed E-state index contributed by atoms with van der Waals surface area (Å²) in [6.07, 6.45) is 0.